The van der Waals surface area contributed by atoms with Gasteiger partial charge in [-0.25, -0.2) is 13.4 Å². The summed E-state index contributed by atoms with van der Waals surface area (Å²) in [6.07, 6.45) is 8.54. The molecular formula is C16H18ClFN2O2S. The summed E-state index contributed by atoms with van der Waals surface area (Å²) in [4.78, 5) is 5.68. The molecule has 4 nitrogen and oxygen atoms in total. The Balaban J connectivity index is 1.66. The SMILES string of the molecule is O=S1(=O)CCC(CN2C=CC=C(c3cc(F)ncc3Cl)C2)CC1. The Kier molecular flexibility index (Phi) is 4.73. The molecule has 0 aliphatic carbocycles. The number of rotatable bonds is 3. The van der Waals surface area contributed by atoms with Crippen LogP contribution in [0.3, 0.4) is 0 Å². The number of hydrogen-bond donors (Lipinski definition) is 0. The van der Waals surface area contributed by atoms with Gasteiger partial charge < -0.3 is 4.90 Å². The lowest BCUT2D eigenvalue weighted by Gasteiger charge is -2.31. The van der Waals surface area contributed by atoms with E-state index in [0.29, 0.717) is 35.9 Å². The van der Waals surface area contributed by atoms with Crippen LogP contribution in [0.5, 0.6) is 0 Å². The Morgan fingerprint density at radius 2 is 2.09 bits per heavy atom. The topological polar surface area (TPSA) is 50.3 Å². The van der Waals surface area contributed by atoms with Crippen molar-refractivity contribution in [2.45, 2.75) is 12.8 Å². The number of sulfone groups is 1. The average Bonchev–Trinajstić information content (AvgIpc) is 2.52. The number of pyridine rings is 1. The first-order chi connectivity index (χ1) is 10.9. The summed E-state index contributed by atoms with van der Waals surface area (Å²) in [6, 6.07) is 1.35. The van der Waals surface area contributed by atoms with Crippen LogP contribution in [-0.4, -0.2) is 42.9 Å². The molecule has 3 rings (SSSR count). The average molecular weight is 357 g/mol. The molecule has 0 unspecified atom stereocenters. The third-order valence-corrected chi connectivity index (χ3v) is 6.32. The predicted octanol–water partition coefficient (Wildman–Crippen LogP) is 2.91. The van der Waals surface area contributed by atoms with Gasteiger partial charge in [-0.15, -0.1) is 0 Å². The van der Waals surface area contributed by atoms with E-state index in [-0.39, 0.29) is 11.5 Å². The Labute approximate surface area is 140 Å². The summed E-state index contributed by atoms with van der Waals surface area (Å²) in [7, 11) is -2.83. The molecule has 0 atom stereocenters. The molecule has 0 spiro atoms. The quantitative estimate of drug-likeness (QED) is 0.781. The van der Waals surface area contributed by atoms with E-state index >= 15 is 0 Å². The summed E-state index contributed by atoms with van der Waals surface area (Å²) in [5.74, 6) is 0.370. The first-order valence-corrected chi connectivity index (χ1v) is 9.76. The van der Waals surface area contributed by atoms with Crippen LogP contribution >= 0.6 is 11.6 Å². The van der Waals surface area contributed by atoms with Crippen molar-refractivity contribution in [3.63, 3.8) is 0 Å². The van der Waals surface area contributed by atoms with Crippen LogP contribution in [0.15, 0.2) is 30.6 Å². The van der Waals surface area contributed by atoms with Gasteiger partial charge in [0.05, 0.1) is 16.5 Å². The second-order valence-corrected chi connectivity index (χ2v) is 8.76. The number of allylic oxidation sites excluding steroid dienone is 2. The van der Waals surface area contributed by atoms with Crippen LogP contribution in [0.2, 0.25) is 5.02 Å². The molecule has 1 saturated heterocycles. The summed E-state index contributed by atoms with van der Waals surface area (Å²) in [5.41, 5.74) is 1.59. The maximum Gasteiger partial charge on any atom is 0.213 e. The third kappa shape index (κ3) is 4.12. The van der Waals surface area contributed by atoms with Crippen molar-refractivity contribution < 1.29 is 12.8 Å². The van der Waals surface area contributed by atoms with Crippen LogP contribution in [0.4, 0.5) is 4.39 Å². The lowest BCUT2D eigenvalue weighted by molar-refractivity contribution is 0.314. The van der Waals surface area contributed by atoms with Crippen molar-refractivity contribution in [3.8, 4) is 0 Å². The fourth-order valence-electron chi connectivity index (χ4n) is 3.02. The van der Waals surface area contributed by atoms with Crippen LogP contribution in [0, 0.1) is 11.9 Å². The normalized spacial score (nSPS) is 21.3. The van der Waals surface area contributed by atoms with E-state index < -0.39 is 15.8 Å². The highest BCUT2D eigenvalue weighted by Crippen LogP contribution is 2.28. The maximum absolute atomic E-state index is 13.4. The molecule has 3 heterocycles. The minimum Gasteiger partial charge on any atom is -0.373 e. The van der Waals surface area contributed by atoms with Crippen molar-refractivity contribution in [3.05, 3.63) is 47.1 Å². The zero-order valence-corrected chi connectivity index (χ0v) is 14.2. The first kappa shape index (κ1) is 16.5. The Morgan fingerprint density at radius 3 is 2.83 bits per heavy atom. The number of nitrogens with zero attached hydrogens (tertiary/aromatic N) is 2. The van der Waals surface area contributed by atoms with Crippen molar-refractivity contribution in [1.29, 1.82) is 0 Å². The van der Waals surface area contributed by atoms with Gasteiger partial charge in [-0.2, -0.15) is 4.39 Å². The van der Waals surface area contributed by atoms with E-state index in [4.69, 9.17) is 11.6 Å². The van der Waals surface area contributed by atoms with E-state index in [1.807, 2.05) is 18.4 Å². The molecule has 7 heteroatoms. The van der Waals surface area contributed by atoms with E-state index in [1.54, 1.807) is 0 Å². The molecule has 23 heavy (non-hydrogen) atoms. The number of aromatic nitrogens is 1. The summed E-state index contributed by atoms with van der Waals surface area (Å²) < 4.78 is 36.4. The van der Waals surface area contributed by atoms with E-state index in [9.17, 15) is 12.8 Å². The van der Waals surface area contributed by atoms with Gasteiger partial charge in [0.2, 0.25) is 5.95 Å². The molecular weight excluding hydrogens is 339 g/mol. The van der Waals surface area contributed by atoms with Crippen molar-refractivity contribution in [2.75, 3.05) is 24.6 Å². The van der Waals surface area contributed by atoms with Crippen LogP contribution in [0.1, 0.15) is 18.4 Å². The fraction of sp³-hybridized carbons (Fsp3) is 0.438. The van der Waals surface area contributed by atoms with Gasteiger partial charge in [0.1, 0.15) is 9.84 Å². The molecule has 2 aliphatic rings. The number of hydrogen-bond acceptors (Lipinski definition) is 4. The third-order valence-electron chi connectivity index (χ3n) is 4.30. The molecule has 0 amide bonds. The minimum absolute atomic E-state index is 0.277. The second kappa shape index (κ2) is 6.61. The zero-order valence-electron chi connectivity index (χ0n) is 12.6. The van der Waals surface area contributed by atoms with Gasteiger partial charge in [-0.05, 0) is 36.6 Å². The molecule has 0 N–H and O–H groups in total. The lowest BCUT2D eigenvalue weighted by atomic mass is 10.00. The standard InChI is InChI=1S/C16H18ClFN2O2S/c17-15-9-19-16(18)8-14(15)13-2-1-5-20(11-13)10-12-3-6-23(21,22)7-4-12/h1-2,5,8-9,12H,3-4,6-7,10-11H2. The highest BCUT2D eigenvalue weighted by Gasteiger charge is 2.25. The molecule has 1 aromatic heterocycles. The smallest absolute Gasteiger partial charge is 0.213 e. The summed E-state index contributed by atoms with van der Waals surface area (Å²) in [6.45, 7) is 1.43. The van der Waals surface area contributed by atoms with Gasteiger partial charge in [0.25, 0.3) is 0 Å². The van der Waals surface area contributed by atoms with E-state index in [0.717, 1.165) is 12.1 Å². The highest BCUT2D eigenvalue weighted by atomic mass is 35.5. The predicted molar refractivity (Wildman–Crippen MR) is 89.3 cm³/mol. The van der Waals surface area contributed by atoms with Crippen LogP contribution in [0.25, 0.3) is 5.57 Å². The van der Waals surface area contributed by atoms with Gasteiger partial charge in [0, 0.05) is 30.9 Å². The largest absolute Gasteiger partial charge is 0.373 e. The highest BCUT2D eigenvalue weighted by molar-refractivity contribution is 7.91. The van der Waals surface area contributed by atoms with Gasteiger partial charge in [0.15, 0.2) is 0 Å². The van der Waals surface area contributed by atoms with Crippen molar-refractivity contribution in [1.82, 2.24) is 9.88 Å². The summed E-state index contributed by atoms with van der Waals surface area (Å²) in [5, 5.41) is 0.427. The first-order valence-electron chi connectivity index (χ1n) is 7.56. The molecule has 0 bridgehead atoms. The fourth-order valence-corrected chi connectivity index (χ4v) is 4.83. The zero-order chi connectivity index (χ0) is 16.4. The minimum atomic E-state index is -2.83. The summed E-state index contributed by atoms with van der Waals surface area (Å²) >= 11 is 6.12. The van der Waals surface area contributed by atoms with Crippen LogP contribution in [-0.2, 0) is 9.84 Å². The Morgan fingerprint density at radius 1 is 1.35 bits per heavy atom. The Bertz CT molecular complexity index is 747. The van der Waals surface area contributed by atoms with E-state index in [2.05, 4.69) is 9.88 Å². The molecule has 1 aromatic rings. The van der Waals surface area contributed by atoms with Gasteiger partial charge in [-0.3, -0.25) is 0 Å². The Hall–Kier alpha value is -1.40. The van der Waals surface area contributed by atoms with E-state index in [1.165, 1.54) is 12.3 Å². The number of halogens is 2. The molecule has 0 aromatic carbocycles. The molecule has 0 saturated carbocycles. The molecule has 2 aliphatic heterocycles. The van der Waals surface area contributed by atoms with Crippen LogP contribution < -0.4 is 0 Å². The molecule has 1 fully saturated rings. The lowest BCUT2D eigenvalue weighted by Crippen LogP contribution is -2.33. The maximum atomic E-state index is 13.4. The van der Waals surface area contributed by atoms with Gasteiger partial charge >= 0.3 is 0 Å². The van der Waals surface area contributed by atoms with Crippen molar-refractivity contribution >= 4 is 27.0 Å². The van der Waals surface area contributed by atoms with Gasteiger partial charge in [-0.1, -0.05) is 17.7 Å². The monoisotopic (exact) mass is 356 g/mol. The second-order valence-electron chi connectivity index (χ2n) is 6.04. The molecule has 0 radical (unpaired) electrons. The van der Waals surface area contributed by atoms with Crippen molar-refractivity contribution in [2.24, 2.45) is 5.92 Å². The molecule has 124 valence electrons.